The molecule has 0 radical (unpaired) electrons. The minimum atomic E-state index is -0.820. The van der Waals surface area contributed by atoms with Crippen molar-refractivity contribution in [3.63, 3.8) is 0 Å². The first-order valence-corrected chi connectivity index (χ1v) is 5.57. The summed E-state index contributed by atoms with van der Waals surface area (Å²) >= 11 is 0. The maximum Gasteiger partial charge on any atom is 0.255 e. The lowest BCUT2D eigenvalue weighted by Crippen LogP contribution is -2.28. The molecule has 100 valence electrons. The largest absolute Gasteiger partial charge is 0.504 e. The first kappa shape index (κ1) is 14.6. The molecule has 1 aromatic rings. The van der Waals surface area contributed by atoms with E-state index in [9.17, 15) is 19.1 Å². The average Bonchev–Trinajstić information content (AvgIpc) is 2.43. The number of amides is 1. The lowest BCUT2D eigenvalue weighted by molar-refractivity contribution is -0.122. The number of benzene rings is 1. The van der Waals surface area contributed by atoms with Crippen LogP contribution in [0.5, 0.6) is 0 Å². The zero-order chi connectivity index (χ0) is 14.4. The highest BCUT2D eigenvalue weighted by molar-refractivity contribution is 6.24. The van der Waals surface area contributed by atoms with Crippen LogP contribution < -0.4 is 5.32 Å². The maximum absolute atomic E-state index is 12.7. The van der Waals surface area contributed by atoms with Crippen molar-refractivity contribution < 1.29 is 19.1 Å². The van der Waals surface area contributed by atoms with Gasteiger partial charge < -0.3 is 10.4 Å². The Hall–Kier alpha value is -2.43. The Morgan fingerprint density at radius 2 is 1.95 bits per heavy atom. The smallest absolute Gasteiger partial charge is 0.255 e. The number of halogens is 1. The Morgan fingerprint density at radius 1 is 1.37 bits per heavy atom. The van der Waals surface area contributed by atoms with Gasteiger partial charge in [0.25, 0.3) is 5.91 Å². The molecule has 2 N–H and O–H groups in total. The molecule has 0 saturated heterocycles. The predicted molar refractivity (Wildman–Crippen MR) is 68.8 cm³/mol. The number of allylic oxidation sites excluding steroid dienone is 2. The first-order chi connectivity index (χ1) is 8.95. The lowest BCUT2D eigenvalue weighted by Gasteiger charge is -2.06. The normalized spacial score (nSPS) is 10.9. The molecule has 1 rings (SSSR count). The maximum atomic E-state index is 12.7. The van der Waals surface area contributed by atoms with Crippen LogP contribution in [-0.2, 0) is 16.1 Å². The molecule has 0 aliphatic carbocycles. The minimum absolute atomic E-state index is 0.141. The van der Waals surface area contributed by atoms with Gasteiger partial charge in [-0.3, -0.25) is 9.59 Å². The second-order valence-corrected chi connectivity index (χ2v) is 3.79. The minimum Gasteiger partial charge on any atom is -0.504 e. The van der Waals surface area contributed by atoms with E-state index in [2.05, 4.69) is 11.9 Å². The molecule has 0 unspecified atom stereocenters. The number of ketones is 1. The summed E-state index contributed by atoms with van der Waals surface area (Å²) in [5, 5.41) is 11.6. The zero-order valence-electron chi connectivity index (χ0n) is 10.4. The van der Waals surface area contributed by atoms with Gasteiger partial charge in [-0.2, -0.15) is 0 Å². The summed E-state index contributed by atoms with van der Waals surface area (Å²) in [5.41, 5.74) is 0.336. The number of aliphatic hydroxyl groups is 1. The second-order valence-electron chi connectivity index (χ2n) is 3.79. The molecule has 0 fully saturated rings. The molecule has 0 bridgehead atoms. The van der Waals surface area contributed by atoms with E-state index in [1.165, 1.54) is 37.3 Å². The third-order valence-electron chi connectivity index (χ3n) is 2.42. The molecular formula is C14H14FNO3. The molecule has 19 heavy (non-hydrogen) atoms. The van der Waals surface area contributed by atoms with Crippen LogP contribution >= 0.6 is 0 Å². The number of hydrogen-bond donors (Lipinski definition) is 2. The van der Waals surface area contributed by atoms with Gasteiger partial charge in [-0.15, -0.1) is 0 Å². The van der Waals surface area contributed by atoms with E-state index in [1.807, 2.05) is 0 Å². The Labute approximate surface area is 110 Å². The average molecular weight is 263 g/mol. The van der Waals surface area contributed by atoms with Gasteiger partial charge in [-0.25, -0.2) is 4.39 Å². The quantitative estimate of drug-likeness (QED) is 0.370. The van der Waals surface area contributed by atoms with Crippen LogP contribution in [0.4, 0.5) is 4.39 Å². The van der Waals surface area contributed by atoms with Crippen LogP contribution in [0.3, 0.4) is 0 Å². The van der Waals surface area contributed by atoms with Crippen molar-refractivity contribution in [1.29, 1.82) is 0 Å². The van der Waals surface area contributed by atoms with E-state index in [0.29, 0.717) is 5.56 Å². The molecule has 0 atom stereocenters. The van der Waals surface area contributed by atoms with Crippen molar-refractivity contribution in [1.82, 2.24) is 5.32 Å². The molecule has 1 amide bonds. The van der Waals surface area contributed by atoms with Crippen molar-refractivity contribution in [2.75, 3.05) is 0 Å². The summed E-state index contributed by atoms with van der Waals surface area (Å²) in [6.45, 7) is 4.94. The molecule has 4 nitrogen and oxygen atoms in total. The number of carbonyl (C=O) groups is 2. The summed E-state index contributed by atoms with van der Waals surface area (Å²) in [6.07, 6.45) is 1.18. The van der Waals surface area contributed by atoms with Gasteiger partial charge in [0.15, 0.2) is 5.76 Å². The van der Waals surface area contributed by atoms with Gasteiger partial charge >= 0.3 is 0 Å². The Bertz CT molecular complexity index is 532. The Kier molecular flexibility index (Phi) is 5.00. The number of nitrogens with one attached hydrogen (secondary N) is 1. The number of Topliss-reactive ketones (excluding diaryl/α,β-unsaturated/α-hetero) is 1. The van der Waals surface area contributed by atoms with Gasteiger partial charge in [-0.1, -0.05) is 18.7 Å². The van der Waals surface area contributed by atoms with Crippen molar-refractivity contribution >= 4 is 11.7 Å². The van der Waals surface area contributed by atoms with Gasteiger partial charge in [0.2, 0.25) is 5.78 Å². The number of carbonyl (C=O) groups excluding carboxylic acids is 2. The SMILES string of the molecule is C=C(C(=O)NCc1ccc(F)cc1)C(=O)C(O)=CC. The first-order valence-electron chi connectivity index (χ1n) is 5.57. The standard InChI is InChI=1S/C14H14FNO3/c1-3-12(17)13(18)9(2)14(19)16-8-10-4-6-11(15)7-5-10/h3-7,17H,2,8H2,1H3,(H,16,19). The molecule has 5 heteroatoms. The van der Waals surface area contributed by atoms with Crippen LogP contribution in [0.2, 0.25) is 0 Å². The topological polar surface area (TPSA) is 66.4 Å². The molecule has 0 aliphatic heterocycles. The highest BCUT2D eigenvalue weighted by Crippen LogP contribution is 2.04. The molecule has 0 heterocycles. The number of aliphatic hydroxyl groups excluding tert-OH is 1. The van der Waals surface area contributed by atoms with Gasteiger partial charge in [0.05, 0.1) is 5.57 Å². The van der Waals surface area contributed by atoms with E-state index in [0.717, 1.165) is 0 Å². The molecule has 1 aromatic carbocycles. The number of hydrogen-bond acceptors (Lipinski definition) is 3. The van der Waals surface area contributed by atoms with Crippen molar-refractivity contribution in [2.24, 2.45) is 0 Å². The Balaban J connectivity index is 2.58. The van der Waals surface area contributed by atoms with E-state index >= 15 is 0 Å². The van der Waals surface area contributed by atoms with E-state index in [4.69, 9.17) is 0 Å². The summed E-state index contributed by atoms with van der Waals surface area (Å²) in [6, 6.07) is 5.58. The predicted octanol–water partition coefficient (Wildman–Crippen LogP) is 2.03. The van der Waals surface area contributed by atoms with Gasteiger partial charge in [-0.05, 0) is 30.7 Å². The fourth-order valence-corrected chi connectivity index (χ4v) is 1.28. The van der Waals surface area contributed by atoms with Crippen molar-refractivity contribution in [2.45, 2.75) is 13.5 Å². The van der Waals surface area contributed by atoms with E-state index < -0.39 is 17.4 Å². The second kappa shape index (κ2) is 6.49. The zero-order valence-corrected chi connectivity index (χ0v) is 10.4. The van der Waals surface area contributed by atoms with Crippen molar-refractivity contribution in [3.05, 3.63) is 59.6 Å². The monoisotopic (exact) mass is 263 g/mol. The molecular weight excluding hydrogens is 249 g/mol. The van der Waals surface area contributed by atoms with Crippen LogP contribution in [0.15, 0.2) is 48.3 Å². The summed E-state index contributed by atoms with van der Waals surface area (Å²) < 4.78 is 12.7. The highest BCUT2D eigenvalue weighted by Gasteiger charge is 2.18. The molecule has 0 spiro atoms. The van der Waals surface area contributed by atoms with E-state index in [-0.39, 0.29) is 17.9 Å². The third-order valence-corrected chi connectivity index (χ3v) is 2.42. The van der Waals surface area contributed by atoms with Crippen LogP contribution in [0, 0.1) is 5.82 Å². The lowest BCUT2D eigenvalue weighted by atomic mass is 10.1. The number of rotatable bonds is 5. The van der Waals surface area contributed by atoms with Crippen LogP contribution in [0.1, 0.15) is 12.5 Å². The van der Waals surface area contributed by atoms with Crippen LogP contribution in [-0.4, -0.2) is 16.8 Å². The van der Waals surface area contributed by atoms with Gasteiger partial charge in [0.1, 0.15) is 5.82 Å². The van der Waals surface area contributed by atoms with E-state index in [1.54, 1.807) is 0 Å². The highest BCUT2D eigenvalue weighted by atomic mass is 19.1. The fraction of sp³-hybridized carbons (Fsp3) is 0.143. The summed E-state index contributed by atoms with van der Waals surface area (Å²) in [5.74, 6) is -2.39. The van der Waals surface area contributed by atoms with Gasteiger partial charge in [0, 0.05) is 6.54 Å². The Morgan fingerprint density at radius 3 is 2.47 bits per heavy atom. The molecule has 0 aliphatic rings. The third kappa shape index (κ3) is 4.06. The molecule has 0 saturated carbocycles. The summed E-state index contributed by atoms with van der Waals surface area (Å²) in [4.78, 5) is 23.0. The molecule has 0 aromatic heterocycles. The fourth-order valence-electron chi connectivity index (χ4n) is 1.28. The summed E-state index contributed by atoms with van der Waals surface area (Å²) in [7, 11) is 0. The van der Waals surface area contributed by atoms with Crippen LogP contribution in [0.25, 0.3) is 0 Å². The van der Waals surface area contributed by atoms with Crippen molar-refractivity contribution in [3.8, 4) is 0 Å².